The smallest absolute Gasteiger partial charge is 0.129 e. The zero-order valence-electron chi connectivity index (χ0n) is 13.9. The van der Waals surface area contributed by atoms with Gasteiger partial charge in [-0.1, -0.05) is 43.6 Å². The highest BCUT2D eigenvalue weighted by Gasteiger charge is 1.95. The van der Waals surface area contributed by atoms with Gasteiger partial charge in [-0.05, 0) is 40.5 Å². The topological polar surface area (TPSA) is 68.3 Å². The molecule has 24 heavy (non-hydrogen) atoms. The highest BCUT2D eigenvalue weighted by Crippen LogP contribution is 2.00. The van der Waals surface area contributed by atoms with E-state index in [1.807, 2.05) is 13.8 Å². The maximum Gasteiger partial charge on any atom is 0.129 e. The molecule has 0 bridgehead atoms. The minimum Gasteiger partial charge on any atom is -0.300 e. The Labute approximate surface area is 152 Å². The molecule has 0 atom stereocenters. The Hall–Kier alpha value is -1.32. The third-order valence-corrected chi connectivity index (χ3v) is 2.30. The van der Waals surface area contributed by atoms with Gasteiger partial charge in [0.2, 0.25) is 0 Å². The average molecular weight is 351 g/mol. The molecule has 4 heteroatoms. The Morgan fingerprint density at radius 3 is 0.750 bits per heavy atom. The van der Waals surface area contributed by atoms with E-state index in [0.717, 1.165) is 12.8 Å². The van der Waals surface area contributed by atoms with Crippen LogP contribution in [0, 0.1) is 0 Å². The van der Waals surface area contributed by atoms with Crippen molar-refractivity contribution in [1.82, 2.24) is 0 Å². The van der Waals surface area contributed by atoms with Gasteiger partial charge >= 0.3 is 0 Å². The van der Waals surface area contributed by atoms with Crippen LogP contribution in [0.5, 0.6) is 0 Å². The summed E-state index contributed by atoms with van der Waals surface area (Å²) < 4.78 is 0. The summed E-state index contributed by atoms with van der Waals surface area (Å²) in [6.07, 6.45) is 4.28. The van der Waals surface area contributed by atoms with Crippen molar-refractivity contribution in [1.29, 1.82) is 0 Å². The molecule has 0 amide bonds. The molecule has 0 aliphatic rings. The number of rotatable bonds is 7. The Morgan fingerprint density at radius 1 is 0.500 bits per heavy atom. The fourth-order valence-corrected chi connectivity index (χ4v) is 0.748. The van der Waals surface area contributed by atoms with E-state index in [1.165, 1.54) is 0 Å². The number of hydrogen-bond donors (Lipinski definition) is 0. The molecule has 0 N–H and O–H groups in total. The molecular formula is C20H46O4. The molecule has 0 aromatic rings. The molecule has 0 saturated heterocycles. The molecule has 0 fully saturated rings. The molecule has 0 saturated carbocycles. The highest BCUT2D eigenvalue weighted by atomic mass is 16.1. The van der Waals surface area contributed by atoms with Crippen molar-refractivity contribution in [2.45, 2.75) is 110 Å². The molecule has 150 valence electrons. The largest absolute Gasteiger partial charge is 0.300 e. The van der Waals surface area contributed by atoms with Gasteiger partial charge in [0.05, 0.1) is 0 Å². The molecule has 0 unspecified atom stereocenters. The number of carbonyl (C=O) groups is 4. The van der Waals surface area contributed by atoms with E-state index in [1.54, 1.807) is 27.7 Å². The van der Waals surface area contributed by atoms with Crippen LogP contribution < -0.4 is 0 Å². The molecule has 0 aliphatic carbocycles. The molecular weight excluding hydrogens is 304 g/mol. The van der Waals surface area contributed by atoms with E-state index in [2.05, 4.69) is 0 Å². The third-order valence-electron chi connectivity index (χ3n) is 2.30. The molecule has 0 radical (unpaired) electrons. The van der Waals surface area contributed by atoms with Crippen molar-refractivity contribution in [3.05, 3.63) is 0 Å². The number of ketones is 4. The Balaban J connectivity index is -0.0000000362. The first-order valence-corrected chi connectivity index (χ1v) is 7.14. The second-order valence-electron chi connectivity index (χ2n) is 4.72. The molecule has 0 rings (SSSR count). The Kier molecular flexibility index (Phi) is 60.2. The normalized spacial score (nSPS) is 7.08. The molecule has 0 aromatic carbocycles. The van der Waals surface area contributed by atoms with Crippen molar-refractivity contribution < 1.29 is 19.2 Å². The van der Waals surface area contributed by atoms with E-state index in [4.69, 9.17) is 0 Å². The summed E-state index contributed by atoms with van der Waals surface area (Å²) in [5, 5.41) is 0. The summed E-state index contributed by atoms with van der Waals surface area (Å²) in [6, 6.07) is 0. The number of hydrogen-bond acceptors (Lipinski definition) is 4. The standard InChI is InChI=1S/C8H14O2.2C4H8O.4CH4/c1-7(9)5-3-4-6-8(2)10;2*1-3-4(2)5;;;;/h3-6H2,1-2H3;2*3H2,1-2H3;4*1H4. The van der Waals surface area contributed by atoms with Crippen LogP contribution in [0.2, 0.25) is 0 Å². The SMILES string of the molecule is C.C.C.C.CC(=O)CCCCC(C)=O.CCC(C)=O.CCC(C)=O. The summed E-state index contributed by atoms with van der Waals surface area (Å²) in [5.41, 5.74) is 0. The van der Waals surface area contributed by atoms with Crippen molar-refractivity contribution in [3.8, 4) is 0 Å². The quantitative estimate of drug-likeness (QED) is 0.509. The fraction of sp³-hybridized carbons (Fsp3) is 0.800. The molecule has 0 heterocycles. The minimum absolute atomic E-state index is 0. The van der Waals surface area contributed by atoms with Crippen LogP contribution in [0.1, 0.15) is 110 Å². The van der Waals surface area contributed by atoms with Crippen LogP contribution in [-0.4, -0.2) is 23.1 Å². The molecule has 0 aromatic heterocycles. The summed E-state index contributed by atoms with van der Waals surface area (Å²) in [7, 11) is 0. The predicted molar refractivity (Wildman–Crippen MR) is 109 cm³/mol. The van der Waals surface area contributed by atoms with Gasteiger partial charge in [0.1, 0.15) is 23.1 Å². The first-order chi connectivity index (χ1) is 9.17. The van der Waals surface area contributed by atoms with E-state index >= 15 is 0 Å². The summed E-state index contributed by atoms with van der Waals surface area (Å²) in [4.78, 5) is 40.4. The van der Waals surface area contributed by atoms with Crippen molar-refractivity contribution in [3.63, 3.8) is 0 Å². The van der Waals surface area contributed by atoms with Crippen LogP contribution in [0.3, 0.4) is 0 Å². The third kappa shape index (κ3) is 85.5. The second kappa shape index (κ2) is 33.3. The first kappa shape index (κ1) is 43.4. The lowest BCUT2D eigenvalue weighted by atomic mass is 10.1. The zero-order chi connectivity index (χ0) is 16.6. The lowest BCUT2D eigenvalue weighted by Gasteiger charge is -1.93. The Bertz CT molecular complexity index is 264. The van der Waals surface area contributed by atoms with Crippen molar-refractivity contribution >= 4 is 23.1 Å². The van der Waals surface area contributed by atoms with Crippen molar-refractivity contribution in [2.75, 3.05) is 0 Å². The van der Waals surface area contributed by atoms with Gasteiger partial charge in [-0.25, -0.2) is 0 Å². The number of carbonyl (C=O) groups excluding carboxylic acids is 4. The lowest BCUT2D eigenvalue weighted by Crippen LogP contribution is -1.92. The van der Waals surface area contributed by atoms with E-state index in [9.17, 15) is 19.2 Å². The lowest BCUT2D eigenvalue weighted by molar-refractivity contribution is -0.118. The molecule has 0 spiro atoms. The van der Waals surface area contributed by atoms with E-state index in [-0.39, 0.29) is 52.8 Å². The van der Waals surface area contributed by atoms with Gasteiger partial charge < -0.3 is 19.2 Å². The number of unbranched alkanes of at least 4 members (excludes halogenated alkanes) is 1. The van der Waals surface area contributed by atoms with Crippen molar-refractivity contribution in [2.24, 2.45) is 0 Å². The van der Waals surface area contributed by atoms with E-state index in [0.29, 0.717) is 25.7 Å². The van der Waals surface area contributed by atoms with Crippen LogP contribution in [0.4, 0.5) is 0 Å². The van der Waals surface area contributed by atoms with Crippen LogP contribution >= 0.6 is 0 Å². The summed E-state index contributed by atoms with van der Waals surface area (Å²) >= 11 is 0. The average Bonchev–Trinajstić information content (AvgIpc) is 2.35. The Morgan fingerprint density at radius 2 is 0.667 bits per heavy atom. The highest BCUT2D eigenvalue weighted by molar-refractivity contribution is 5.76. The molecule has 4 nitrogen and oxygen atoms in total. The van der Waals surface area contributed by atoms with E-state index < -0.39 is 0 Å². The second-order valence-corrected chi connectivity index (χ2v) is 4.72. The van der Waals surface area contributed by atoms with Gasteiger partial charge in [-0.3, -0.25) is 0 Å². The number of Topliss-reactive ketones (excluding diaryl/α,β-unsaturated/α-hetero) is 4. The summed E-state index contributed by atoms with van der Waals surface area (Å²) in [5.74, 6) is 0.933. The maximum atomic E-state index is 10.4. The fourth-order valence-electron chi connectivity index (χ4n) is 0.748. The van der Waals surface area contributed by atoms with Gasteiger partial charge in [-0.2, -0.15) is 0 Å². The maximum absolute atomic E-state index is 10.4. The zero-order valence-corrected chi connectivity index (χ0v) is 13.9. The van der Waals surface area contributed by atoms with Gasteiger partial charge in [-0.15, -0.1) is 0 Å². The van der Waals surface area contributed by atoms with Gasteiger partial charge in [0, 0.05) is 25.7 Å². The van der Waals surface area contributed by atoms with Crippen LogP contribution in [0.25, 0.3) is 0 Å². The van der Waals surface area contributed by atoms with Gasteiger partial charge in [0.15, 0.2) is 0 Å². The van der Waals surface area contributed by atoms with Gasteiger partial charge in [0.25, 0.3) is 0 Å². The first-order valence-electron chi connectivity index (χ1n) is 7.14. The van der Waals surface area contributed by atoms with Crippen LogP contribution in [-0.2, 0) is 19.2 Å². The molecule has 0 aliphatic heterocycles. The summed E-state index contributed by atoms with van der Waals surface area (Å²) in [6.45, 7) is 10.0. The van der Waals surface area contributed by atoms with Crippen LogP contribution in [0.15, 0.2) is 0 Å². The monoisotopic (exact) mass is 350 g/mol. The predicted octanol–water partition coefficient (Wildman–Crippen LogP) is 6.24. The minimum atomic E-state index is 0.